The van der Waals surface area contributed by atoms with Crippen LogP contribution >= 0.6 is 11.3 Å². The lowest BCUT2D eigenvalue weighted by Gasteiger charge is -2.09. The predicted octanol–water partition coefficient (Wildman–Crippen LogP) is 3.95. The summed E-state index contributed by atoms with van der Waals surface area (Å²) in [4.78, 5) is 13.1. The average molecular weight is 340 g/mol. The molecule has 0 aliphatic carbocycles. The molecule has 0 spiro atoms. The van der Waals surface area contributed by atoms with E-state index in [2.05, 4.69) is 22.8 Å². The zero-order chi connectivity index (χ0) is 16.8. The maximum Gasteiger partial charge on any atom is 0.315 e. The van der Waals surface area contributed by atoms with Crippen LogP contribution in [0.3, 0.4) is 0 Å². The van der Waals surface area contributed by atoms with Crippen molar-refractivity contribution in [3.63, 3.8) is 0 Å². The van der Waals surface area contributed by atoms with Gasteiger partial charge in [-0.3, -0.25) is 0 Å². The van der Waals surface area contributed by atoms with E-state index in [0.29, 0.717) is 13.1 Å². The monoisotopic (exact) mass is 340 g/mol. The Morgan fingerprint density at radius 1 is 1.08 bits per heavy atom. The third kappa shape index (κ3) is 4.26. The number of hydrogen-bond donors (Lipinski definition) is 2. The van der Waals surface area contributed by atoms with Gasteiger partial charge in [0.05, 0.1) is 7.11 Å². The molecule has 3 aromatic rings. The molecule has 0 aliphatic rings. The first-order valence-corrected chi connectivity index (χ1v) is 8.73. The normalized spacial score (nSPS) is 10.5. The fourth-order valence-electron chi connectivity index (χ4n) is 2.51. The van der Waals surface area contributed by atoms with E-state index in [1.165, 1.54) is 4.88 Å². The molecule has 0 atom stereocenters. The van der Waals surface area contributed by atoms with Gasteiger partial charge in [0.1, 0.15) is 5.75 Å². The summed E-state index contributed by atoms with van der Waals surface area (Å²) in [6, 6.07) is 16.1. The molecule has 1 aromatic heterocycles. The lowest BCUT2D eigenvalue weighted by atomic mass is 10.1. The van der Waals surface area contributed by atoms with Gasteiger partial charge in [0.25, 0.3) is 0 Å². The molecule has 0 saturated carbocycles. The molecule has 0 unspecified atom stereocenters. The molecule has 4 nitrogen and oxygen atoms in total. The Labute approximate surface area is 145 Å². The number of thiophene rings is 1. The maximum absolute atomic E-state index is 11.9. The highest BCUT2D eigenvalue weighted by Gasteiger charge is 2.03. The molecule has 5 heteroatoms. The van der Waals surface area contributed by atoms with Crippen molar-refractivity contribution in [3.8, 4) is 5.75 Å². The average Bonchev–Trinajstić information content (AvgIpc) is 3.12. The van der Waals surface area contributed by atoms with Crippen molar-refractivity contribution < 1.29 is 9.53 Å². The Hall–Kier alpha value is -2.53. The molecule has 2 N–H and O–H groups in total. The SMILES string of the molecule is COc1ccc2cc(CNC(=O)NCCc3cccs3)ccc2c1. The number of carbonyl (C=O) groups excluding carboxylic acids is 1. The first kappa shape index (κ1) is 16.3. The molecular formula is C19H20N2O2S. The van der Waals surface area contributed by atoms with E-state index in [1.54, 1.807) is 18.4 Å². The summed E-state index contributed by atoms with van der Waals surface area (Å²) >= 11 is 1.71. The van der Waals surface area contributed by atoms with Crippen LogP contribution in [-0.4, -0.2) is 19.7 Å². The van der Waals surface area contributed by atoms with Crippen LogP contribution in [0.1, 0.15) is 10.4 Å². The van der Waals surface area contributed by atoms with Crippen molar-refractivity contribution in [3.05, 3.63) is 64.4 Å². The minimum Gasteiger partial charge on any atom is -0.497 e. The molecule has 24 heavy (non-hydrogen) atoms. The standard InChI is InChI=1S/C19H20N2O2S/c1-23-17-7-6-15-11-14(4-5-16(15)12-17)13-21-19(22)20-9-8-18-3-2-10-24-18/h2-7,10-12H,8-9,13H2,1H3,(H2,20,21,22). The van der Waals surface area contributed by atoms with Crippen LogP contribution in [0.4, 0.5) is 4.79 Å². The summed E-state index contributed by atoms with van der Waals surface area (Å²) in [6.45, 7) is 1.15. The Morgan fingerprint density at radius 2 is 1.92 bits per heavy atom. The zero-order valence-electron chi connectivity index (χ0n) is 13.5. The minimum absolute atomic E-state index is 0.138. The molecule has 0 bridgehead atoms. The lowest BCUT2D eigenvalue weighted by molar-refractivity contribution is 0.240. The van der Waals surface area contributed by atoms with Crippen molar-refractivity contribution in [2.75, 3.05) is 13.7 Å². The maximum atomic E-state index is 11.9. The molecule has 3 rings (SSSR count). The number of methoxy groups -OCH3 is 1. The first-order valence-electron chi connectivity index (χ1n) is 7.85. The van der Waals surface area contributed by atoms with E-state index < -0.39 is 0 Å². The second kappa shape index (κ2) is 7.84. The number of hydrogen-bond acceptors (Lipinski definition) is 3. The van der Waals surface area contributed by atoms with E-state index in [4.69, 9.17) is 4.74 Å². The number of amides is 2. The molecule has 2 amide bonds. The number of carbonyl (C=O) groups is 1. The molecule has 0 saturated heterocycles. The molecule has 0 aliphatic heterocycles. The first-order chi connectivity index (χ1) is 11.7. The van der Waals surface area contributed by atoms with Gasteiger partial charge >= 0.3 is 6.03 Å². The third-order valence-corrected chi connectivity index (χ3v) is 4.74. The van der Waals surface area contributed by atoms with E-state index in [1.807, 2.05) is 41.8 Å². The van der Waals surface area contributed by atoms with Gasteiger partial charge in [-0.1, -0.05) is 24.3 Å². The van der Waals surface area contributed by atoms with Crippen molar-refractivity contribution in [1.82, 2.24) is 10.6 Å². The fraction of sp³-hybridized carbons (Fsp3) is 0.211. The van der Waals surface area contributed by atoms with Crippen LogP contribution in [0.15, 0.2) is 53.9 Å². The van der Waals surface area contributed by atoms with Crippen LogP contribution < -0.4 is 15.4 Å². The summed E-state index contributed by atoms with van der Waals surface area (Å²) < 4.78 is 5.23. The number of rotatable bonds is 6. The molecule has 2 aromatic carbocycles. The second-order valence-electron chi connectivity index (χ2n) is 5.49. The fourth-order valence-corrected chi connectivity index (χ4v) is 3.22. The summed E-state index contributed by atoms with van der Waals surface area (Å²) in [5.74, 6) is 0.846. The minimum atomic E-state index is -0.138. The third-order valence-electron chi connectivity index (χ3n) is 3.80. The Kier molecular flexibility index (Phi) is 5.33. The van der Waals surface area contributed by atoms with Crippen LogP contribution in [0, 0.1) is 0 Å². The Morgan fingerprint density at radius 3 is 2.71 bits per heavy atom. The highest BCUT2D eigenvalue weighted by atomic mass is 32.1. The summed E-state index contributed by atoms with van der Waals surface area (Å²) in [6.07, 6.45) is 0.864. The highest BCUT2D eigenvalue weighted by molar-refractivity contribution is 7.09. The number of ether oxygens (including phenoxy) is 1. The Bertz CT molecular complexity index is 815. The summed E-state index contributed by atoms with van der Waals surface area (Å²) in [5, 5.41) is 10.1. The van der Waals surface area contributed by atoms with Crippen molar-refractivity contribution in [2.24, 2.45) is 0 Å². The van der Waals surface area contributed by atoms with Gasteiger partial charge in [-0.25, -0.2) is 4.79 Å². The van der Waals surface area contributed by atoms with E-state index in [0.717, 1.165) is 28.5 Å². The van der Waals surface area contributed by atoms with Gasteiger partial charge in [-0.2, -0.15) is 0 Å². The zero-order valence-corrected chi connectivity index (χ0v) is 14.4. The summed E-state index contributed by atoms with van der Waals surface area (Å²) in [5.41, 5.74) is 1.07. The number of nitrogens with one attached hydrogen (secondary N) is 2. The van der Waals surface area contributed by atoms with Crippen molar-refractivity contribution in [1.29, 1.82) is 0 Å². The largest absolute Gasteiger partial charge is 0.497 e. The van der Waals surface area contributed by atoms with Crippen LogP contribution in [0.2, 0.25) is 0 Å². The number of urea groups is 1. The van der Waals surface area contributed by atoms with Gasteiger partial charge in [-0.05, 0) is 52.4 Å². The molecule has 0 radical (unpaired) electrons. The molecular weight excluding hydrogens is 320 g/mol. The lowest BCUT2D eigenvalue weighted by Crippen LogP contribution is -2.36. The predicted molar refractivity (Wildman–Crippen MR) is 98.8 cm³/mol. The van der Waals surface area contributed by atoms with Crippen LogP contribution in [0.25, 0.3) is 10.8 Å². The Balaban J connectivity index is 1.50. The topological polar surface area (TPSA) is 50.4 Å². The van der Waals surface area contributed by atoms with Gasteiger partial charge in [0, 0.05) is 18.0 Å². The summed E-state index contributed by atoms with van der Waals surface area (Å²) in [7, 11) is 1.66. The number of fused-ring (bicyclic) bond motifs is 1. The van der Waals surface area contributed by atoms with Gasteiger partial charge in [0.15, 0.2) is 0 Å². The number of benzene rings is 2. The molecule has 0 fully saturated rings. The van der Waals surface area contributed by atoms with Gasteiger partial charge in [0.2, 0.25) is 0 Å². The second-order valence-corrected chi connectivity index (χ2v) is 6.52. The quantitative estimate of drug-likeness (QED) is 0.714. The van der Waals surface area contributed by atoms with Gasteiger partial charge in [-0.15, -0.1) is 11.3 Å². The van der Waals surface area contributed by atoms with Crippen molar-refractivity contribution in [2.45, 2.75) is 13.0 Å². The van der Waals surface area contributed by atoms with Gasteiger partial charge < -0.3 is 15.4 Å². The molecule has 1 heterocycles. The van der Waals surface area contributed by atoms with Crippen LogP contribution in [0.5, 0.6) is 5.75 Å². The van der Waals surface area contributed by atoms with E-state index >= 15 is 0 Å². The van der Waals surface area contributed by atoms with E-state index in [-0.39, 0.29) is 6.03 Å². The highest BCUT2D eigenvalue weighted by Crippen LogP contribution is 2.21. The van der Waals surface area contributed by atoms with E-state index in [9.17, 15) is 4.79 Å². The van der Waals surface area contributed by atoms with Crippen molar-refractivity contribution >= 4 is 28.1 Å². The smallest absolute Gasteiger partial charge is 0.315 e. The van der Waals surface area contributed by atoms with Crippen LogP contribution in [-0.2, 0) is 13.0 Å². The molecule has 124 valence electrons.